The van der Waals surface area contributed by atoms with E-state index in [1.54, 1.807) is 36.3 Å². The zero-order chi connectivity index (χ0) is 21.5. The van der Waals surface area contributed by atoms with Crippen LogP contribution in [0.5, 0.6) is 0 Å². The second-order valence-electron chi connectivity index (χ2n) is 7.53. The smallest absolute Gasteiger partial charge is 0.229 e. The van der Waals surface area contributed by atoms with Gasteiger partial charge in [-0.1, -0.05) is 12.1 Å². The molecule has 1 aliphatic rings. The maximum absolute atomic E-state index is 12.2. The molecule has 5 rings (SSSR count). The van der Waals surface area contributed by atoms with Gasteiger partial charge in [0.15, 0.2) is 0 Å². The summed E-state index contributed by atoms with van der Waals surface area (Å²) in [5.41, 5.74) is 3.42. The number of pyridine rings is 1. The number of nitrogens with one attached hydrogen (secondary N) is 2. The Kier molecular flexibility index (Phi) is 4.70. The lowest BCUT2D eigenvalue weighted by Crippen LogP contribution is -2.14. The number of aryl methyl sites for hydroxylation is 1. The fraction of sp³-hybridized carbons (Fsp3) is 0.190. The van der Waals surface area contributed by atoms with Crippen LogP contribution in [0.3, 0.4) is 0 Å². The number of hydrogen-bond acceptors (Lipinski definition) is 5. The quantitative estimate of drug-likeness (QED) is 0.402. The Morgan fingerprint density at radius 3 is 2.61 bits per heavy atom. The van der Waals surface area contributed by atoms with Crippen molar-refractivity contribution in [1.82, 2.24) is 19.7 Å². The van der Waals surface area contributed by atoms with Crippen LogP contribution in [0.2, 0.25) is 0 Å². The summed E-state index contributed by atoms with van der Waals surface area (Å²) < 4.78 is 26.5. The zero-order valence-corrected chi connectivity index (χ0v) is 17.5. The average molecular weight is 436 g/mol. The number of hydrogen-bond donors (Lipinski definition) is 3. The topological polar surface area (TPSA) is 113 Å². The highest BCUT2D eigenvalue weighted by Crippen LogP contribution is 2.34. The molecule has 1 aromatic carbocycles. The Morgan fingerprint density at radius 1 is 1.19 bits per heavy atom. The molecule has 0 atom stereocenters. The maximum atomic E-state index is 12.2. The minimum absolute atomic E-state index is 0.00827. The van der Waals surface area contributed by atoms with Gasteiger partial charge in [0.2, 0.25) is 16.8 Å². The number of benzene rings is 1. The molecule has 0 unspecified atom stereocenters. The Bertz CT molecular complexity index is 1340. The lowest BCUT2D eigenvalue weighted by molar-refractivity contribution is -0.117. The van der Waals surface area contributed by atoms with Crippen molar-refractivity contribution in [1.29, 1.82) is 0 Å². The molecule has 0 radical (unpaired) electrons. The fourth-order valence-corrected chi connectivity index (χ4v) is 4.17. The summed E-state index contributed by atoms with van der Waals surface area (Å²) >= 11 is 0. The third kappa shape index (κ3) is 3.77. The maximum Gasteiger partial charge on any atom is 0.229 e. The molecule has 3 aromatic heterocycles. The number of carbonyl (C=O) groups is 1. The number of aromatic nitrogens is 4. The van der Waals surface area contributed by atoms with Crippen LogP contribution in [0.1, 0.15) is 12.8 Å². The van der Waals surface area contributed by atoms with Gasteiger partial charge in [0.1, 0.15) is 11.5 Å². The van der Waals surface area contributed by atoms with Crippen molar-refractivity contribution >= 4 is 45.0 Å². The number of nitrogens with zero attached hydrogens (tertiary/aromatic N) is 4. The summed E-state index contributed by atoms with van der Waals surface area (Å²) in [6.45, 7) is 0. The molecule has 1 amide bonds. The highest BCUT2D eigenvalue weighted by molar-refractivity contribution is 7.74. The first kappa shape index (κ1) is 19.3. The SMILES string of the molecule is Cn1cc(N(c2ccc(-c3cc(NC(=O)C4CC4)nc4[nH]ccc34)cc2)[SH](=O)=O)cn1. The predicted molar refractivity (Wildman–Crippen MR) is 119 cm³/mol. The van der Waals surface area contributed by atoms with Crippen LogP contribution in [-0.2, 0) is 22.7 Å². The van der Waals surface area contributed by atoms with Crippen molar-refractivity contribution in [3.63, 3.8) is 0 Å². The van der Waals surface area contributed by atoms with Crippen LogP contribution < -0.4 is 9.62 Å². The van der Waals surface area contributed by atoms with E-state index in [2.05, 4.69) is 20.4 Å². The van der Waals surface area contributed by atoms with Crippen LogP contribution in [0.25, 0.3) is 22.2 Å². The molecule has 9 nitrogen and oxygen atoms in total. The standard InChI is InChI=1S/C21H20N6O3S/c1-26-12-16(11-23-26)27(31(29)30)15-6-4-13(5-7-15)18-10-19(25-21(28)14-2-3-14)24-20-17(18)8-9-22-20/h4-12,14,31H,2-3H2,1H3,(H2,22,24,25,28). The zero-order valence-electron chi connectivity index (χ0n) is 16.6. The highest BCUT2D eigenvalue weighted by Gasteiger charge is 2.30. The van der Waals surface area contributed by atoms with Crippen LogP contribution in [0, 0.1) is 5.92 Å². The predicted octanol–water partition coefficient (Wildman–Crippen LogP) is 2.98. The molecule has 10 heteroatoms. The van der Waals surface area contributed by atoms with E-state index in [1.807, 2.05) is 24.3 Å². The van der Waals surface area contributed by atoms with Crippen molar-refractivity contribution in [2.75, 3.05) is 9.62 Å². The van der Waals surface area contributed by atoms with Gasteiger partial charge in [-0.15, -0.1) is 0 Å². The lowest BCUT2D eigenvalue weighted by atomic mass is 10.0. The van der Waals surface area contributed by atoms with E-state index in [0.717, 1.165) is 29.4 Å². The van der Waals surface area contributed by atoms with Gasteiger partial charge in [0.05, 0.1) is 17.6 Å². The summed E-state index contributed by atoms with van der Waals surface area (Å²) in [4.78, 5) is 19.8. The molecule has 0 bridgehead atoms. The Morgan fingerprint density at radius 2 is 1.97 bits per heavy atom. The van der Waals surface area contributed by atoms with E-state index in [-0.39, 0.29) is 11.8 Å². The minimum Gasteiger partial charge on any atom is -0.346 e. The first-order valence-corrected chi connectivity index (χ1v) is 10.9. The number of carbonyl (C=O) groups excluding carboxylic acids is 1. The van der Waals surface area contributed by atoms with Gasteiger partial charge in [0, 0.05) is 30.7 Å². The molecule has 2 N–H and O–H groups in total. The molecule has 3 heterocycles. The van der Waals surface area contributed by atoms with Crippen molar-refractivity contribution in [2.24, 2.45) is 13.0 Å². The van der Waals surface area contributed by atoms with E-state index < -0.39 is 10.9 Å². The number of rotatable bonds is 6. The molecular formula is C21H20N6O3S. The third-order valence-corrected chi connectivity index (χ3v) is 6.04. The molecule has 4 aromatic rings. The molecule has 31 heavy (non-hydrogen) atoms. The number of aromatic amines is 1. The monoisotopic (exact) mass is 436 g/mol. The third-order valence-electron chi connectivity index (χ3n) is 5.25. The second-order valence-corrected chi connectivity index (χ2v) is 8.40. The van der Waals surface area contributed by atoms with Crippen LogP contribution in [0.4, 0.5) is 17.2 Å². The van der Waals surface area contributed by atoms with Gasteiger partial charge >= 0.3 is 0 Å². The van der Waals surface area contributed by atoms with Crippen molar-refractivity contribution < 1.29 is 13.2 Å². The van der Waals surface area contributed by atoms with Gasteiger partial charge in [-0.05, 0) is 48.2 Å². The summed E-state index contributed by atoms with van der Waals surface area (Å²) in [6.07, 6.45) is 6.77. The molecule has 1 saturated carbocycles. The number of H-pyrrole nitrogens is 1. The average Bonchev–Trinajstić information content (AvgIpc) is 3.36. The number of fused-ring (bicyclic) bond motifs is 1. The molecule has 0 spiro atoms. The minimum atomic E-state index is -2.89. The molecule has 158 valence electrons. The largest absolute Gasteiger partial charge is 0.346 e. The van der Waals surface area contributed by atoms with Gasteiger partial charge in [-0.3, -0.25) is 9.48 Å². The van der Waals surface area contributed by atoms with E-state index in [1.165, 1.54) is 10.5 Å². The normalized spacial score (nSPS) is 13.6. The van der Waals surface area contributed by atoms with Gasteiger partial charge < -0.3 is 10.3 Å². The first-order chi connectivity index (χ1) is 15.0. The molecule has 0 saturated heterocycles. The first-order valence-electron chi connectivity index (χ1n) is 9.82. The van der Waals surface area contributed by atoms with Gasteiger partial charge in [0.25, 0.3) is 0 Å². The Hall–Kier alpha value is -3.66. The summed E-state index contributed by atoms with van der Waals surface area (Å²) in [5.74, 6) is 0.563. The van der Waals surface area contributed by atoms with E-state index >= 15 is 0 Å². The van der Waals surface area contributed by atoms with E-state index in [0.29, 0.717) is 22.8 Å². The number of amides is 1. The summed E-state index contributed by atoms with van der Waals surface area (Å²) in [5, 5.41) is 7.86. The lowest BCUT2D eigenvalue weighted by Gasteiger charge is -2.16. The molecule has 1 fully saturated rings. The molecule has 0 aliphatic heterocycles. The van der Waals surface area contributed by atoms with Crippen molar-refractivity contribution in [3.05, 3.63) is 55.0 Å². The number of anilines is 3. The van der Waals surface area contributed by atoms with Gasteiger partial charge in [-0.25, -0.2) is 17.7 Å². The van der Waals surface area contributed by atoms with Crippen molar-refractivity contribution in [2.45, 2.75) is 12.8 Å². The summed E-state index contributed by atoms with van der Waals surface area (Å²) in [7, 11) is -1.16. The Balaban J connectivity index is 1.51. The van der Waals surface area contributed by atoms with E-state index in [9.17, 15) is 13.2 Å². The van der Waals surface area contributed by atoms with E-state index in [4.69, 9.17) is 0 Å². The van der Waals surface area contributed by atoms with Crippen LogP contribution >= 0.6 is 0 Å². The van der Waals surface area contributed by atoms with Crippen LogP contribution in [0.15, 0.2) is 55.0 Å². The summed E-state index contributed by atoms with van der Waals surface area (Å²) in [6, 6.07) is 11.0. The van der Waals surface area contributed by atoms with Gasteiger partial charge in [-0.2, -0.15) is 5.10 Å². The Labute approximate surface area is 179 Å². The van der Waals surface area contributed by atoms with Crippen molar-refractivity contribution in [3.8, 4) is 11.1 Å². The molecular weight excluding hydrogens is 416 g/mol. The van der Waals surface area contributed by atoms with Crippen LogP contribution in [-0.4, -0.2) is 34.1 Å². The highest BCUT2D eigenvalue weighted by atomic mass is 32.2. The second kappa shape index (κ2) is 7.55. The fourth-order valence-electron chi connectivity index (χ4n) is 3.55. The number of thiol groups is 1. The molecule has 1 aliphatic carbocycles.